The fourth-order valence-electron chi connectivity index (χ4n) is 4.42. The van der Waals surface area contributed by atoms with Gasteiger partial charge in [0.2, 0.25) is 4.96 Å². The molecule has 7 heteroatoms. The second-order valence-electron chi connectivity index (χ2n) is 8.60. The number of rotatable bonds is 8. The summed E-state index contributed by atoms with van der Waals surface area (Å²) < 4.78 is 2.92. The average molecular weight is 448 g/mol. The number of nitrogens with two attached hydrogens (primary N) is 1. The Labute approximate surface area is 192 Å². The predicted molar refractivity (Wildman–Crippen MR) is 130 cm³/mol. The van der Waals surface area contributed by atoms with Crippen LogP contribution in [0, 0.1) is 0 Å². The highest BCUT2D eigenvalue weighted by Gasteiger charge is 2.15. The molecule has 0 saturated carbocycles. The van der Waals surface area contributed by atoms with Crippen LogP contribution >= 0.6 is 11.3 Å². The number of fused-ring (bicyclic) bond motifs is 3. The molecule has 0 amide bonds. The second kappa shape index (κ2) is 9.48. The highest BCUT2D eigenvalue weighted by molar-refractivity contribution is 7.23. The van der Waals surface area contributed by atoms with Gasteiger partial charge in [-0.3, -0.25) is 4.79 Å². The maximum atomic E-state index is 12.7. The topological polar surface area (TPSA) is 76.5 Å². The number of thiazole rings is 1. The maximum Gasteiger partial charge on any atom is 0.213 e. The third-order valence-electron chi connectivity index (χ3n) is 6.31. The number of benzene rings is 2. The molecular weight excluding hydrogens is 418 g/mol. The smallest absolute Gasteiger partial charge is 0.213 e. The third kappa shape index (κ3) is 4.46. The van der Waals surface area contributed by atoms with E-state index in [9.17, 15) is 4.79 Å². The van der Waals surface area contributed by atoms with Crippen LogP contribution in [0.25, 0.3) is 26.6 Å². The highest BCUT2D eigenvalue weighted by Crippen LogP contribution is 2.29. The summed E-state index contributed by atoms with van der Waals surface area (Å²) in [5.74, 6) is 0.931. The minimum atomic E-state index is 0.227. The van der Waals surface area contributed by atoms with Gasteiger partial charge < -0.3 is 10.6 Å². The van der Waals surface area contributed by atoms with Crippen molar-refractivity contribution in [3.8, 4) is 11.4 Å². The zero-order chi connectivity index (χ0) is 21.9. The number of Topliss-reactive ketones (excluding diaryl/α,β-unsaturated/α-hetero) is 1. The minimum Gasteiger partial charge on any atom is -0.326 e. The van der Waals surface area contributed by atoms with Crippen LogP contribution < -0.4 is 5.73 Å². The van der Waals surface area contributed by atoms with Crippen LogP contribution in [0.15, 0.2) is 42.5 Å². The molecule has 166 valence electrons. The molecule has 32 heavy (non-hydrogen) atoms. The normalized spacial score (nSPS) is 15.0. The summed E-state index contributed by atoms with van der Waals surface area (Å²) in [6, 6.07) is 13.9. The molecule has 3 heterocycles. The number of ketones is 1. The molecule has 5 rings (SSSR count). The van der Waals surface area contributed by atoms with Crippen LogP contribution in [0.4, 0.5) is 0 Å². The van der Waals surface area contributed by atoms with Crippen LogP contribution in [0.1, 0.15) is 54.4 Å². The van der Waals surface area contributed by atoms with E-state index in [4.69, 9.17) is 15.8 Å². The fraction of sp³-hybridized carbons (Fsp3) is 0.400. The van der Waals surface area contributed by atoms with E-state index >= 15 is 0 Å². The van der Waals surface area contributed by atoms with Crippen molar-refractivity contribution in [2.75, 3.05) is 19.6 Å². The Balaban J connectivity index is 1.25. The first kappa shape index (κ1) is 21.2. The molecule has 1 aliphatic heterocycles. The number of piperidine rings is 1. The molecule has 0 aliphatic carbocycles. The number of carbonyl (C=O) groups excluding carboxylic acids is 1. The fourth-order valence-corrected chi connectivity index (χ4v) is 5.42. The van der Waals surface area contributed by atoms with Gasteiger partial charge in [-0.05, 0) is 69.1 Å². The quantitative estimate of drug-likeness (QED) is 0.307. The standard InChI is InChI=1S/C25H29N5OS/c26-17-18-7-9-19(10-8-18)24-27-25-30(28-24)21-12-11-20(16-23(21)32-25)22(31)6-2-5-15-29-13-3-1-4-14-29/h7-12,16H,1-6,13-15,17,26H2. The zero-order valence-corrected chi connectivity index (χ0v) is 19.1. The van der Waals surface area contributed by atoms with E-state index in [0.717, 1.165) is 51.3 Å². The van der Waals surface area contributed by atoms with Crippen LogP contribution in [-0.4, -0.2) is 44.9 Å². The van der Waals surface area contributed by atoms with E-state index in [1.54, 1.807) is 11.3 Å². The van der Waals surface area contributed by atoms with Crippen molar-refractivity contribution >= 4 is 32.3 Å². The summed E-state index contributed by atoms with van der Waals surface area (Å²) in [6.45, 7) is 4.09. The van der Waals surface area contributed by atoms with E-state index in [1.165, 1.54) is 32.4 Å². The van der Waals surface area contributed by atoms with Gasteiger partial charge in [0, 0.05) is 24.1 Å². The first-order chi connectivity index (χ1) is 15.7. The van der Waals surface area contributed by atoms with Crippen LogP contribution in [0.2, 0.25) is 0 Å². The van der Waals surface area contributed by atoms with E-state index < -0.39 is 0 Å². The third-order valence-corrected chi connectivity index (χ3v) is 7.31. The SMILES string of the molecule is NCc1ccc(-c2nc3sc4cc(C(=O)CCCCN5CCCCC5)ccc4n3n2)cc1. The summed E-state index contributed by atoms with van der Waals surface area (Å²) >= 11 is 1.57. The van der Waals surface area contributed by atoms with E-state index in [1.807, 2.05) is 47.0 Å². The highest BCUT2D eigenvalue weighted by atomic mass is 32.1. The number of hydrogen-bond acceptors (Lipinski definition) is 6. The van der Waals surface area contributed by atoms with Gasteiger partial charge in [-0.25, -0.2) is 4.52 Å². The van der Waals surface area contributed by atoms with Gasteiger partial charge in [0.05, 0.1) is 10.2 Å². The average Bonchev–Trinajstić information content (AvgIpc) is 3.40. The molecule has 6 nitrogen and oxygen atoms in total. The van der Waals surface area contributed by atoms with Crippen molar-refractivity contribution in [1.82, 2.24) is 19.5 Å². The minimum absolute atomic E-state index is 0.227. The molecular formula is C25H29N5OS. The summed E-state index contributed by atoms with van der Waals surface area (Å²) in [7, 11) is 0. The van der Waals surface area contributed by atoms with Crippen molar-refractivity contribution in [2.45, 2.75) is 45.1 Å². The Hall–Kier alpha value is -2.61. The number of hydrogen-bond donors (Lipinski definition) is 1. The van der Waals surface area contributed by atoms with Crippen molar-refractivity contribution < 1.29 is 4.79 Å². The Morgan fingerprint density at radius 2 is 1.84 bits per heavy atom. The molecule has 0 bridgehead atoms. The lowest BCUT2D eigenvalue weighted by Crippen LogP contribution is -2.30. The van der Waals surface area contributed by atoms with E-state index in [-0.39, 0.29) is 5.78 Å². The van der Waals surface area contributed by atoms with Crippen molar-refractivity contribution in [1.29, 1.82) is 0 Å². The van der Waals surface area contributed by atoms with Gasteiger partial charge in [-0.15, -0.1) is 5.10 Å². The van der Waals surface area contributed by atoms with Crippen molar-refractivity contribution in [3.05, 3.63) is 53.6 Å². The summed E-state index contributed by atoms with van der Waals surface area (Å²) in [5, 5.41) is 4.70. The Morgan fingerprint density at radius 3 is 2.62 bits per heavy atom. The first-order valence-corrected chi connectivity index (χ1v) is 12.4. The first-order valence-electron chi connectivity index (χ1n) is 11.6. The Kier molecular flexibility index (Phi) is 6.30. The number of aromatic nitrogens is 3. The number of likely N-dealkylation sites (tertiary alicyclic amines) is 1. The van der Waals surface area contributed by atoms with E-state index in [0.29, 0.717) is 18.8 Å². The monoisotopic (exact) mass is 447 g/mol. The van der Waals surface area contributed by atoms with Gasteiger partial charge in [0.15, 0.2) is 11.6 Å². The molecule has 0 spiro atoms. The summed E-state index contributed by atoms with van der Waals surface area (Å²) in [5.41, 5.74) is 9.52. The Bertz CT molecular complexity index is 1220. The molecule has 0 unspecified atom stereocenters. The van der Waals surface area contributed by atoms with Gasteiger partial charge in [0.1, 0.15) is 0 Å². The molecule has 1 aliphatic rings. The molecule has 0 radical (unpaired) electrons. The largest absolute Gasteiger partial charge is 0.326 e. The molecule has 2 aromatic carbocycles. The number of unbranched alkanes of at least 4 members (excludes halogenated alkanes) is 1. The Morgan fingerprint density at radius 1 is 1.03 bits per heavy atom. The molecule has 1 fully saturated rings. The van der Waals surface area contributed by atoms with Crippen LogP contribution in [-0.2, 0) is 6.54 Å². The molecule has 4 aromatic rings. The number of carbonyl (C=O) groups is 1. The molecule has 2 N–H and O–H groups in total. The van der Waals surface area contributed by atoms with Gasteiger partial charge in [0.25, 0.3) is 0 Å². The maximum absolute atomic E-state index is 12.7. The molecule has 1 saturated heterocycles. The summed E-state index contributed by atoms with van der Waals surface area (Å²) in [4.78, 5) is 20.8. The van der Waals surface area contributed by atoms with Gasteiger partial charge >= 0.3 is 0 Å². The van der Waals surface area contributed by atoms with Crippen molar-refractivity contribution in [3.63, 3.8) is 0 Å². The lowest BCUT2D eigenvalue weighted by atomic mass is 10.0. The van der Waals surface area contributed by atoms with E-state index in [2.05, 4.69) is 4.90 Å². The second-order valence-corrected chi connectivity index (χ2v) is 9.61. The summed E-state index contributed by atoms with van der Waals surface area (Å²) in [6.07, 6.45) is 6.67. The lowest BCUT2D eigenvalue weighted by Gasteiger charge is -2.26. The lowest BCUT2D eigenvalue weighted by molar-refractivity contribution is 0.0977. The van der Waals surface area contributed by atoms with Crippen LogP contribution in [0.5, 0.6) is 0 Å². The molecule has 0 atom stereocenters. The van der Waals surface area contributed by atoms with Gasteiger partial charge in [-0.2, -0.15) is 4.98 Å². The van der Waals surface area contributed by atoms with Gasteiger partial charge in [-0.1, -0.05) is 42.0 Å². The predicted octanol–water partition coefficient (Wildman–Crippen LogP) is 4.91. The van der Waals surface area contributed by atoms with Crippen LogP contribution in [0.3, 0.4) is 0 Å². The number of nitrogens with zero attached hydrogens (tertiary/aromatic N) is 4. The zero-order valence-electron chi connectivity index (χ0n) is 18.3. The molecule has 2 aromatic heterocycles. The van der Waals surface area contributed by atoms with Crippen molar-refractivity contribution in [2.24, 2.45) is 5.73 Å².